The van der Waals surface area contributed by atoms with Crippen LogP contribution < -0.4 is 15.1 Å². The fraction of sp³-hybridized carbons (Fsp3) is 0.115. The van der Waals surface area contributed by atoms with E-state index >= 15 is 0 Å². The number of nitrogens with zero attached hydrogens (tertiary/aromatic N) is 2. The summed E-state index contributed by atoms with van der Waals surface area (Å²) in [6.45, 7) is 1.51. The molecule has 6 nitrogen and oxygen atoms in total. The van der Waals surface area contributed by atoms with Gasteiger partial charge in [-0.15, -0.1) is 0 Å². The van der Waals surface area contributed by atoms with Crippen molar-refractivity contribution in [1.29, 1.82) is 0 Å². The number of rotatable bonds is 4. The number of imide groups is 2. The third kappa shape index (κ3) is 4.06. The van der Waals surface area contributed by atoms with Crippen LogP contribution in [0.25, 0.3) is 6.08 Å². The molecule has 2 aliphatic heterocycles. The summed E-state index contributed by atoms with van der Waals surface area (Å²) in [5.41, 5.74) is 3.88. The maximum atomic E-state index is 13.3. The minimum Gasteiger partial charge on any atom is -0.367 e. The summed E-state index contributed by atoms with van der Waals surface area (Å²) in [6, 6.07) is 17.5. The second-order valence-electron chi connectivity index (χ2n) is 8.09. The molecule has 0 aromatic heterocycles. The summed E-state index contributed by atoms with van der Waals surface area (Å²) in [4.78, 5) is 40.8. The molecule has 0 radical (unpaired) electrons. The van der Waals surface area contributed by atoms with Gasteiger partial charge in [0.05, 0.1) is 5.69 Å². The van der Waals surface area contributed by atoms with Gasteiger partial charge in [-0.25, -0.2) is 14.1 Å². The number of barbiturate groups is 1. The number of hydrogen-bond acceptors (Lipinski definition) is 4. The predicted molar refractivity (Wildman–Crippen MR) is 128 cm³/mol. The van der Waals surface area contributed by atoms with Gasteiger partial charge in [-0.05, 0) is 71.7 Å². The maximum absolute atomic E-state index is 13.3. The van der Waals surface area contributed by atoms with Crippen molar-refractivity contribution in [2.45, 2.75) is 13.0 Å². The van der Waals surface area contributed by atoms with Crippen molar-refractivity contribution in [1.82, 2.24) is 5.32 Å². The van der Waals surface area contributed by atoms with E-state index < -0.39 is 23.7 Å². The van der Waals surface area contributed by atoms with E-state index in [0.29, 0.717) is 12.1 Å². The van der Waals surface area contributed by atoms with E-state index in [1.807, 2.05) is 42.5 Å². The van der Waals surface area contributed by atoms with Gasteiger partial charge >= 0.3 is 6.03 Å². The number of nitrogens with one attached hydrogen (secondary N) is 1. The van der Waals surface area contributed by atoms with Crippen LogP contribution in [0, 0.1) is 5.82 Å². The van der Waals surface area contributed by atoms with Crippen molar-refractivity contribution < 1.29 is 18.8 Å². The largest absolute Gasteiger partial charge is 0.367 e. The third-order valence-electron chi connectivity index (χ3n) is 5.91. The first-order chi connectivity index (χ1) is 16.4. The van der Waals surface area contributed by atoms with Crippen LogP contribution in [0.3, 0.4) is 0 Å². The lowest BCUT2D eigenvalue weighted by molar-refractivity contribution is -0.122. The Morgan fingerprint density at radius 3 is 2.53 bits per heavy atom. The summed E-state index contributed by atoms with van der Waals surface area (Å²) >= 11 is 6.31. The van der Waals surface area contributed by atoms with Crippen LogP contribution in [-0.4, -0.2) is 24.4 Å². The van der Waals surface area contributed by atoms with Gasteiger partial charge in [0.25, 0.3) is 11.8 Å². The monoisotopic (exact) mass is 475 g/mol. The predicted octanol–water partition coefficient (Wildman–Crippen LogP) is 4.71. The molecule has 3 aromatic rings. The van der Waals surface area contributed by atoms with Crippen molar-refractivity contribution in [3.05, 3.63) is 99.8 Å². The second-order valence-corrected chi connectivity index (χ2v) is 8.49. The molecule has 8 heteroatoms. The van der Waals surface area contributed by atoms with Crippen LogP contribution in [0.2, 0.25) is 5.02 Å². The van der Waals surface area contributed by atoms with E-state index in [-0.39, 0.29) is 11.3 Å². The van der Waals surface area contributed by atoms with E-state index in [9.17, 15) is 18.8 Å². The molecule has 0 unspecified atom stereocenters. The van der Waals surface area contributed by atoms with Crippen LogP contribution in [0.4, 0.5) is 20.6 Å². The first-order valence-corrected chi connectivity index (χ1v) is 11.1. The van der Waals surface area contributed by atoms with E-state index in [1.54, 1.807) is 0 Å². The second kappa shape index (κ2) is 8.76. The van der Waals surface area contributed by atoms with Gasteiger partial charge in [0.2, 0.25) is 0 Å². The molecule has 170 valence electrons. The Morgan fingerprint density at radius 1 is 1.00 bits per heavy atom. The van der Waals surface area contributed by atoms with Crippen molar-refractivity contribution in [2.24, 2.45) is 0 Å². The summed E-state index contributed by atoms with van der Waals surface area (Å²) in [7, 11) is 0. The number of urea groups is 1. The van der Waals surface area contributed by atoms with Crippen LogP contribution in [0.1, 0.15) is 16.7 Å². The first kappa shape index (κ1) is 21.9. The van der Waals surface area contributed by atoms with Crippen LogP contribution >= 0.6 is 11.6 Å². The van der Waals surface area contributed by atoms with E-state index in [2.05, 4.69) is 10.2 Å². The zero-order valence-corrected chi connectivity index (χ0v) is 18.7. The molecular weight excluding hydrogens is 457 g/mol. The van der Waals surface area contributed by atoms with Gasteiger partial charge in [0.15, 0.2) is 0 Å². The average molecular weight is 476 g/mol. The molecular formula is C26H19ClFN3O3. The first-order valence-electron chi connectivity index (χ1n) is 10.7. The lowest BCUT2D eigenvalue weighted by atomic mass is 10.0. The Labute approximate surface area is 200 Å². The van der Waals surface area contributed by atoms with Crippen LogP contribution in [0.5, 0.6) is 0 Å². The minimum absolute atomic E-state index is 0.171. The number of halogens is 2. The molecule has 4 amide bonds. The fourth-order valence-corrected chi connectivity index (χ4v) is 4.42. The Hall–Kier alpha value is -3.97. The molecule has 34 heavy (non-hydrogen) atoms. The van der Waals surface area contributed by atoms with E-state index in [1.165, 1.54) is 18.2 Å². The zero-order chi connectivity index (χ0) is 23.8. The molecule has 0 saturated carbocycles. The fourth-order valence-electron chi connectivity index (χ4n) is 4.23. The smallest absolute Gasteiger partial charge is 0.335 e. The molecule has 1 N–H and O–H groups in total. The molecule has 1 fully saturated rings. The van der Waals surface area contributed by atoms with Gasteiger partial charge < -0.3 is 4.90 Å². The molecule has 1 saturated heterocycles. The van der Waals surface area contributed by atoms with Crippen LogP contribution in [-0.2, 0) is 22.6 Å². The quantitative estimate of drug-likeness (QED) is 0.438. The van der Waals surface area contributed by atoms with Gasteiger partial charge in [0.1, 0.15) is 11.4 Å². The lowest BCUT2D eigenvalue weighted by Crippen LogP contribution is -2.54. The van der Waals surface area contributed by atoms with Crippen molar-refractivity contribution >= 4 is 46.9 Å². The molecule has 0 aliphatic carbocycles. The standard InChI is InChI=1S/C26H19ClFN3O3/c27-22-4-2-1-3-18(22)15-30-12-11-17-13-16(5-10-23(17)30)14-21-24(32)29-26(34)31(25(21)33)20-8-6-19(28)7-9-20/h1-10,13-14H,11-12,15H2,(H,29,32,34). The molecule has 0 bridgehead atoms. The number of benzene rings is 3. The Kier molecular flexibility index (Phi) is 5.63. The highest BCUT2D eigenvalue weighted by atomic mass is 35.5. The van der Waals surface area contributed by atoms with Gasteiger partial charge in [-0.1, -0.05) is 35.9 Å². The summed E-state index contributed by atoms with van der Waals surface area (Å²) < 4.78 is 13.3. The molecule has 3 aromatic carbocycles. The highest BCUT2D eigenvalue weighted by Gasteiger charge is 2.36. The summed E-state index contributed by atoms with van der Waals surface area (Å²) in [5.74, 6) is -2.03. The molecule has 0 spiro atoms. The van der Waals surface area contributed by atoms with Gasteiger partial charge in [-0.2, -0.15) is 0 Å². The molecule has 2 heterocycles. The number of anilines is 2. The van der Waals surface area contributed by atoms with E-state index in [4.69, 9.17) is 11.6 Å². The van der Waals surface area contributed by atoms with E-state index in [0.717, 1.165) is 51.8 Å². The Balaban J connectivity index is 1.41. The highest BCUT2D eigenvalue weighted by Crippen LogP contribution is 2.32. The van der Waals surface area contributed by atoms with Crippen molar-refractivity contribution in [2.75, 3.05) is 16.3 Å². The van der Waals surface area contributed by atoms with Gasteiger partial charge in [0, 0.05) is 23.8 Å². The normalized spacial score (nSPS) is 16.8. The lowest BCUT2D eigenvalue weighted by Gasteiger charge is -2.26. The molecule has 2 aliphatic rings. The number of hydrogen-bond donors (Lipinski definition) is 1. The molecule has 0 atom stereocenters. The number of amides is 4. The molecule has 5 rings (SSSR count). The average Bonchev–Trinajstić information content (AvgIpc) is 3.21. The number of fused-ring (bicyclic) bond motifs is 1. The summed E-state index contributed by atoms with van der Waals surface area (Å²) in [5, 5.41) is 2.90. The highest BCUT2D eigenvalue weighted by molar-refractivity contribution is 6.39. The third-order valence-corrected chi connectivity index (χ3v) is 6.28. The van der Waals surface area contributed by atoms with Crippen LogP contribution in [0.15, 0.2) is 72.3 Å². The number of carbonyl (C=O) groups is 3. The minimum atomic E-state index is -0.872. The van der Waals surface area contributed by atoms with Crippen molar-refractivity contribution in [3.63, 3.8) is 0 Å². The van der Waals surface area contributed by atoms with Crippen molar-refractivity contribution in [3.8, 4) is 0 Å². The Bertz CT molecular complexity index is 1350. The topological polar surface area (TPSA) is 69.7 Å². The van der Waals surface area contributed by atoms with Gasteiger partial charge in [-0.3, -0.25) is 14.9 Å². The zero-order valence-electron chi connectivity index (χ0n) is 17.9. The summed E-state index contributed by atoms with van der Waals surface area (Å²) in [6.07, 6.45) is 2.29. The number of carbonyl (C=O) groups excluding carboxylic acids is 3. The Morgan fingerprint density at radius 2 is 1.76 bits per heavy atom. The maximum Gasteiger partial charge on any atom is 0.335 e. The SMILES string of the molecule is O=C1NC(=O)N(c2ccc(F)cc2)C(=O)C1=Cc1ccc2c(c1)CCN2Cc1ccccc1Cl.